The van der Waals surface area contributed by atoms with Crippen LogP contribution in [0.3, 0.4) is 0 Å². The maximum absolute atomic E-state index is 12.6. The van der Waals surface area contributed by atoms with Gasteiger partial charge in [0, 0.05) is 39.0 Å². The third-order valence-corrected chi connectivity index (χ3v) is 6.79. The topological polar surface area (TPSA) is 101 Å². The van der Waals surface area contributed by atoms with Gasteiger partial charge in [-0.1, -0.05) is 22.4 Å². The quantitative estimate of drug-likeness (QED) is 0.418. The molecule has 5 rings (SSSR count). The largest absolute Gasteiger partial charge is 0.340 e. The summed E-state index contributed by atoms with van der Waals surface area (Å²) in [6.07, 6.45) is 0.810. The number of carbonyl (C=O) groups is 1. The first-order chi connectivity index (χ1) is 15.2. The second-order valence-corrected chi connectivity index (χ2v) is 9.03. The Bertz CT molecular complexity index is 1110. The predicted octanol–water partition coefficient (Wildman–Crippen LogP) is 3.19. The van der Waals surface area contributed by atoms with Gasteiger partial charge in [0.25, 0.3) is 0 Å². The van der Waals surface area contributed by atoms with E-state index in [4.69, 9.17) is 9.05 Å². The van der Waals surface area contributed by atoms with Crippen molar-refractivity contribution in [1.29, 1.82) is 0 Å². The highest BCUT2D eigenvalue weighted by Gasteiger charge is 2.23. The van der Waals surface area contributed by atoms with E-state index in [1.807, 2.05) is 39.9 Å². The molecule has 1 fully saturated rings. The van der Waals surface area contributed by atoms with Crippen molar-refractivity contribution in [2.75, 3.05) is 26.2 Å². The van der Waals surface area contributed by atoms with Crippen LogP contribution in [0, 0.1) is 0 Å². The number of nitrogens with zero attached hydrogens (tertiary/aromatic N) is 6. The lowest BCUT2D eigenvalue weighted by Crippen LogP contribution is -2.48. The molecule has 0 atom stereocenters. The molecule has 0 unspecified atom stereocenters. The van der Waals surface area contributed by atoms with E-state index < -0.39 is 0 Å². The van der Waals surface area contributed by atoms with Crippen molar-refractivity contribution in [2.24, 2.45) is 0 Å². The van der Waals surface area contributed by atoms with Crippen LogP contribution in [0.15, 0.2) is 44.1 Å². The highest BCUT2D eigenvalue weighted by Crippen LogP contribution is 2.23. The second kappa shape index (κ2) is 9.08. The van der Waals surface area contributed by atoms with Gasteiger partial charge >= 0.3 is 0 Å². The van der Waals surface area contributed by atoms with Crippen molar-refractivity contribution in [3.63, 3.8) is 0 Å². The Hall–Kier alpha value is -2.89. The summed E-state index contributed by atoms with van der Waals surface area (Å²) in [6, 6.07) is 7.83. The summed E-state index contributed by atoms with van der Waals surface area (Å²) in [7, 11) is 0. The van der Waals surface area contributed by atoms with E-state index in [1.165, 1.54) is 0 Å². The molecule has 9 nitrogen and oxygen atoms in total. The van der Waals surface area contributed by atoms with Gasteiger partial charge in [-0.3, -0.25) is 9.69 Å². The lowest BCUT2D eigenvalue weighted by atomic mass is 10.2. The fraction of sp³-hybridized carbons (Fsp3) is 0.350. The fourth-order valence-electron chi connectivity index (χ4n) is 3.41. The maximum atomic E-state index is 12.6. The van der Waals surface area contributed by atoms with Crippen LogP contribution in [0.4, 0.5) is 0 Å². The number of rotatable bonds is 7. The van der Waals surface area contributed by atoms with E-state index in [2.05, 4.69) is 25.2 Å². The molecular formula is C20H20N6O3S2. The van der Waals surface area contributed by atoms with Crippen molar-refractivity contribution in [3.8, 4) is 21.4 Å². The number of hydrogen-bond donors (Lipinski definition) is 0. The van der Waals surface area contributed by atoms with Crippen LogP contribution < -0.4 is 0 Å². The number of aryl methyl sites for hydroxylation is 1. The summed E-state index contributed by atoms with van der Waals surface area (Å²) >= 11 is 3.14. The fourth-order valence-corrected chi connectivity index (χ4v) is 4.70. The molecule has 0 saturated carbocycles. The lowest BCUT2D eigenvalue weighted by Gasteiger charge is -2.33. The summed E-state index contributed by atoms with van der Waals surface area (Å²) < 4.78 is 10.7. The number of hydrogen-bond acceptors (Lipinski definition) is 10. The van der Waals surface area contributed by atoms with Crippen molar-refractivity contribution in [1.82, 2.24) is 30.1 Å². The van der Waals surface area contributed by atoms with Crippen LogP contribution in [-0.2, 0) is 17.8 Å². The van der Waals surface area contributed by atoms with Crippen LogP contribution >= 0.6 is 22.7 Å². The number of thiophene rings is 2. The first-order valence-corrected chi connectivity index (χ1v) is 11.7. The van der Waals surface area contributed by atoms with E-state index in [-0.39, 0.29) is 5.91 Å². The van der Waals surface area contributed by atoms with Gasteiger partial charge in [0.1, 0.15) is 0 Å². The van der Waals surface area contributed by atoms with E-state index in [0.29, 0.717) is 55.9 Å². The smallest absolute Gasteiger partial charge is 0.241 e. The Morgan fingerprint density at radius 1 is 0.903 bits per heavy atom. The predicted molar refractivity (Wildman–Crippen MR) is 115 cm³/mol. The summed E-state index contributed by atoms with van der Waals surface area (Å²) in [5.41, 5.74) is 0. The molecule has 0 bridgehead atoms. The summed E-state index contributed by atoms with van der Waals surface area (Å²) in [5, 5.41) is 12.0. The zero-order valence-corrected chi connectivity index (χ0v) is 18.3. The molecule has 31 heavy (non-hydrogen) atoms. The first-order valence-electron chi connectivity index (χ1n) is 9.97. The zero-order valence-electron chi connectivity index (χ0n) is 16.6. The minimum absolute atomic E-state index is 0.105. The molecule has 1 amide bonds. The number of piperazine rings is 1. The van der Waals surface area contributed by atoms with E-state index in [1.54, 1.807) is 22.7 Å². The summed E-state index contributed by atoms with van der Waals surface area (Å²) in [6.45, 7) is 3.48. The summed E-state index contributed by atoms with van der Waals surface area (Å²) in [5.74, 6) is 2.40. The minimum atomic E-state index is 0.105. The molecule has 0 N–H and O–H groups in total. The van der Waals surface area contributed by atoms with Gasteiger partial charge in [0.05, 0.1) is 16.3 Å². The number of amides is 1. The van der Waals surface area contributed by atoms with Crippen LogP contribution in [0.25, 0.3) is 21.4 Å². The van der Waals surface area contributed by atoms with Crippen LogP contribution in [0.1, 0.15) is 18.2 Å². The molecular weight excluding hydrogens is 436 g/mol. The monoisotopic (exact) mass is 456 g/mol. The van der Waals surface area contributed by atoms with Crippen molar-refractivity contribution in [2.45, 2.75) is 19.4 Å². The Morgan fingerprint density at radius 3 is 2.13 bits per heavy atom. The van der Waals surface area contributed by atoms with Crippen molar-refractivity contribution in [3.05, 3.63) is 46.8 Å². The highest BCUT2D eigenvalue weighted by atomic mass is 32.1. The number of carbonyl (C=O) groups excluding carboxylic acids is 1. The Labute approximate surface area is 186 Å². The van der Waals surface area contributed by atoms with Gasteiger partial charge in [0.2, 0.25) is 29.3 Å². The van der Waals surface area contributed by atoms with Gasteiger partial charge < -0.3 is 13.9 Å². The average molecular weight is 457 g/mol. The maximum Gasteiger partial charge on any atom is 0.241 e. The van der Waals surface area contributed by atoms with E-state index in [9.17, 15) is 4.79 Å². The van der Waals surface area contributed by atoms with Gasteiger partial charge in [0.15, 0.2) is 0 Å². The molecule has 4 aromatic rings. The Morgan fingerprint density at radius 2 is 1.52 bits per heavy atom. The Kier molecular flexibility index (Phi) is 5.87. The molecule has 0 spiro atoms. The molecule has 5 heterocycles. The van der Waals surface area contributed by atoms with Gasteiger partial charge in [-0.15, -0.1) is 22.7 Å². The lowest BCUT2D eigenvalue weighted by molar-refractivity contribution is -0.133. The Balaban J connectivity index is 1.08. The van der Waals surface area contributed by atoms with Crippen LogP contribution in [0.5, 0.6) is 0 Å². The normalized spacial score (nSPS) is 14.9. The zero-order chi connectivity index (χ0) is 21.0. The minimum Gasteiger partial charge on any atom is -0.340 e. The molecule has 0 aliphatic carbocycles. The third kappa shape index (κ3) is 4.73. The molecule has 0 radical (unpaired) electrons. The van der Waals surface area contributed by atoms with Crippen LogP contribution in [-0.4, -0.2) is 62.2 Å². The molecule has 11 heteroatoms. The second-order valence-electron chi connectivity index (χ2n) is 7.13. The molecule has 0 aromatic carbocycles. The van der Waals surface area contributed by atoms with Gasteiger partial charge in [-0.25, -0.2) is 0 Å². The standard InChI is InChI=1S/C20H20N6O3S2/c27-18(6-5-16-21-19(23-28-16)14-3-1-11-30-14)26-9-7-25(8-10-26)13-17-22-20(24-29-17)15-4-2-12-31-15/h1-4,11-12H,5-10,13H2. The molecule has 4 aromatic heterocycles. The summed E-state index contributed by atoms with van der Waals surface area (Å²) in [4.78, 5) is 27.5. The van der Waals surface area contributed by atoms with Crippen molar-refractivity contribution < 1.29 is 13.8 Å². The molecule has 1 aliphatic rings. The number of aromatic nitrogens is 4. The van der Waals surface area contributed by atoms with Gasteiger partial charge in [-0.05, 0) is 22.9 Å². The van der Waals surface area contributed by atoms with E-state index >= 15 is 0 Å². The van der Waals surface area contributed by atoms with E-state index in [0.717, 1.165) is 22.8 Å². The molecule has 160 valence electrons. The van der Waals surface area contributed by atoms with Gasteiger partial charge in [-0.2, -0.15) is 9.97 Å². The SMILES string of the molecule is O=C(CCc1nc(-c2cccs2)no1)N1CCN(Cc2nc(-c3cccs3)no2)CC1. The molecule has 1 aliphatic heterocycles. The average Bonchev–Trinajstić information content (AvgIpc) is 3.59. The molecule has 1 saturated heterocycles. The first kappa shape index (κ1) is 20.0. The highest BCUT2D eigenvalue weighted by molar-refractivity contribution is 7.13. The van der Waals surface area contributed by atoms with Crippen molar-refractivity contribution >= 4 is 28.6 Å². The van der Waals surface area contributed by atoms with Crippen LogP contribution in [0.2, 0.25) is 0 Å². The third-order valence-electron chi connectivity index (χ3n) is 5.06.